The van der Waals surface area contributed by atoms with Crippen LogP contribution >= 0.6 is 0 Å². The summed E-state index contributed by atoms with van der Waals surface area (Å²) in [7, 11) is -1.77. The highest BCUT2D eigenvalue weighted by molar-refractivity contribution is 6.58. The molecule has 0 aromatic heterocycles. The zero-order chi connectivity index (χ0) is 14.9. The highest BCUT2D eigenvalue weighted by Gasteiger charge is 2.31. The van der Waals surface area contributed by atoms with Crippen molar-refractivity contribution in [1.29, 1.82) is 0 Å². The van der Waals surface area contributed by atoms with Gasteiger partial charge in [0, 0.05) is 11.1 Å². The van der Waals surface area contributed by atoms with Crippen LogP contribution in [0.2, 0.25) is 0 Å². The number of hydrogen-bond donors (Lipinski definition) is 2. The molecule has 0 heterocycles. The minimum absolute atomic E-state index is 0.0136. The van der Waals surface area contributed by atoms with Crippen molar-refractivity contribution < 1.29 is 35.6 Å². The molecule has 0 amide bonds. The van der Waals surface area contributed by atoms with Gasteiger partial charge in [-0.15, -0.1) is 0 Å². The molecule has 2 aromatic rings. The number of rotatable bonds is 3. The molecule has 0 unspecified atom stereocenters. The molecule has 5 heteroatoms. The molecule has 2 rings (SSSR count). The Hall–Kier alpha value is -0.915. The van der Waals surface area contributed by atoms with Crippen LogP contribution in [0.5, 0.6) is 0 Å². The maximum absolute atomic E-state index is 13.8. The topological polar surface area (TPSA) is 40.5 Å². The Bertz CT molecular complexity index is 621. The molecule has 20 heavy (non-hydrogen) atoms. The van der Waals surface area contributed by atoms with E-state index in [0.29, 0.717) is 3.57 Å². The average molecular weight is 385 g/mol. The molecule has 0 spiro atoms. The molecule has 0 aliphatic heterocycles. The maximum atomic E-state index is 13.8. The minimum atomic E-state index is -1.77. The first kappa shape index (κ1) is 15.5. The Morgan fingerprint density at radius 2 is 1.65 bits per heavy atom. The van der Waals surface area contributed by atoms with Crippen LogP contribution < -0.4 is 26.7 Å². The molecule has 2 N–H and O–H groups in total. The van der Waals surface area contributed by atoms with Gasteiger partial charge >= 0.3 is 28.3 Å². The fraction of sp³-hybridized carbons (Fsp3) is 0.200. The highest BCUT2D eigenvalue weighted by Crippen LogP contribution is 2.07. The van der Waals surface area contributed by atoms with Gasteiger partial charge in [-0.3, -0.25) is 0 Å². The van der Waals surface area contributed by atoms with Crippen molar-refractivity contribution in [2.75, 3.05) is 0 Å². The summed E-state index contributed by atoms with van der Waals surface area (Å²) < 4.78 is 15.7. The van der Waals surface area contributed by atoms with Gasteiger partial charge in [0.25, 0.3) is 0 Å². The van der Waals surface area contributed by atoms with E-state index in [2.05, 4.69) is 12.1 Å². The molecule has 2 nitrogen and oxygen atoms in total. The van der Waals surface area contributed by atoms with E-state index in [0.717, 1.165) is 0 Å². The number of benzene rings is 2. The lowest BCUT2D eigenvalue weighted by Gasteiger charge is -2.04. The van der Waals surface area contributed by atoms with E-state index in [4.69, 9.17) is 0 Å². The van der Waals surface area contributed by atoms with Gasteiger partial charge in [-0.1, -0.05) is 23.8 Å². The monoisotopic (exact) mass is 385 g/mol. The lowest BCUT2D eigenvalue weighted by molar-refractivity contribution is -0.597. The van der Waals surface area contributed by atoms with E-state index < -0.39 is 34.1 Å². The van der Waals surface area contributed by atoms with E-state index >= 15 is 0 Å². The maximum Gasteiger partial charge on any atom is 0.496 e. The van der Waals surface area contributed by atoms with Crippen LogP contribution in [0, 0.1) is 33.7 Å². The van der Waals surface area contributed by atoms with Crippen LogP contribution in [0.3, 0.4) is 0 Å². The molecule has 2 aromatic carbocycles. The van der Waals surface area contributed by atoms with Crippen molar-refractivity contribution in [3.63, 3.8) is 0 Å². The Balaban J connectivity index is 2.48. The number of hydrogen-bond acceptors (Lipinski definition) is 2. The highest BCUT2D eigenvalue weighted by atomic mass is 127. The molecular weight excluding hydrogens is 369 g/mol. The summed E-state index contributed by atoms with van der Waals surface area (Å²) >= 11 is -0.660. The molecule has 0 bridgehead atoms. The third-order valence-corrected chi connectivity index (χ3v) is 6.80. The summed E-state index contributed by atoms with van der Waals surface area (Å²) in [6.07, 6.45) is 0. The number of halogens is 2. The first-order valence-electron chi connectivity index (χ1n) is 6.27. The second-order valence-electron chi connectivity index (χ2n) is 4.82. The summed E-state index contributed by atoms with van der Waals surface area (Å²) in [5.41, 5.74) is 3.57. The minimum Gasteiger partial charge on any atom is -0.423 e. The van der Waals surface area contributed by atoms with E-state index in [9.17, 15) is 14.4 Å². The molecule has 0 fully saturated rings. The van der Waals surface area contributed by atoms with Gasteiger partial charge in [0.2, 0.25) is 0 Å². The molecule has 0 radical (unpaired) electrons. The van der Waals surface area contributed by atoms with Gasteiger partial charge < -0.3 is 10.0 Å². The van der Waals surface area contributed by atoms with Crippen molar-refractivity contribution in [3.05, 3.63) is 60.0 Å². The van der Waals surface area contributed by atoms with Crippen molar-refractivity contribution in [2.45, 2.75) is 20.8 Å². The Kier molecular flexibility index (Phi) is 4.83. The quantitative estimate of drug-likeness (QED) is 0.502. The van der Waals surface area contributed by atoms with Crippen LogP contribution in [0.15, 0.2) is 30.3 Å². The third-order valence-electron chi connectivity index (χ3n) is 3.03. The van der Waals surface area contributed by atoms with Gasteiger partial charge in [0.05, 0.1) is 5.46 Å². The summed E-state index contributed by atoms with van der Waals surface area (Å²) in [4.78, 5) is 0. The fourth-order valence-electron chi connectivity index (χ4n) is 2.25. The van der Waals surface area contributed by atoms with E-state index in [-0.39, 0.29) is 5.46 Å². The van der Waals surface area contributed by atoms with E-state index in [1.807, 2.05) is 20.8 Å². The van der Waals surface area contributed by atoms with Crippen LogP contribution in [-0.4, -0.2) is 17.2 Å². The van der Waals surface area contributed by atoms with Gasteiger partial charge in [-0.05, 0) is 32.9 Å². The molecule has 0 saturated heterocycles. The van der Waals surface area contributed by atoms with Crippen molar-refractivity contribution in [1.82, 2.24) is 0 Å². The van der Waals surface area contributed by atoms with Gasteiger partial charge in [-0.2, -0.15) is 0 Å². The predicted octanol–water partition coefficient (Wildman–Crippen LogP) is -1.44. The first-order chi connectivity index (χ1) is 9.40. The Morgan fingerprint density at radius 1 is 1.05 bits per heavy atom. The third kappa shape index (κ3) is 3.21. The Labute approximate surface area is 129 Å². The summed E-state index contributed by atoms with van der Waals surface area (Å²) in [5, 5.41) is 18.8. The fourth-order valence-corrected chi connectivity index (χ4v) is 5.21. The molecule has 0 atom stereocenters. The zero-order valence-corrected chi connectivity index (χ0v) is 13.8. The number of aryl methyl sites for hydroxylation is 3. The predicted molar refractivity (Wildman–Crippen MR) is 74.3 cm³/mol. The van der Waals surface area contributed by atoms with Crippen LogP contribution in [-0.2, 0) is 0 Å². The van der Waals surface area contributed by atoms with E-state index in [1.54, 1.807) is 12.1 Å². The largest absolute Gasteiger partial charge is 0.496 e. The van der Waals surface area contributed by atoms with Gasteiger partial charge in [-0.25, -0.2) is 4.39 Å². The smallest absolute Gasteiger partial charge is 0.423 e. The molecule has 0 aliphatic carbocycles. The van der Waals surface area contributed by atoms with Gasteiger partial charge in [0.15, 0.2) is 7.14 Å². The normalized spacial score (nSPS) is 10.7. The van der Waals surface area contributed by atoms with Crippen molar-refractivity contribution in [3.8, 4) is 0 Å². The second-order valence-corrected chi connectivity index (χ2v) is 7.60. The summed E-state index contributed by atoms with van der Waals surface area (Å²) in [6, 6.07) is 8.88. The van der Waals surface area contributed by atoms with Crippen molar-refractivity contribution >= 4 is 12.6 Å². The van der Waals surface area contributed by atoms with Crippen LogP contribution in [0.4, 0.5) is 4.39 Å². The summed E-state index contributed by atoms with van der Waals surface area (Å²) in [6.45, 7) is 6.14. The van der Waals surface area contributed by atoms with Crippen molar-refractivity contribution in [2.24, 2.45) is 0 Å². The van der Waals surface area contributed by atoms with E-state index in [1.165, 1.54) is 26.3 Å². The zero-order valence-electron chi connectivity index (χ0n) is 11.6. The molecule has 0 saturated carbocycles. The second kappa shape index (κ2) is 6.24. The summed E-state index contributed by atoms with van der Waals surface area (Å²) in [5.74, 6) is -0.556. The molecular formula is C15H16BFIO2+. The van der Waals surface area contributed by atoms with Crippen LogP contribution in [0.25, 0.3) is 0 Å². The first-order valence-corrected chi connectivity index (χ1v) is 8.43. The van der Waals surface area contributed by atoms with Crippen LogP contribution in [0.1, 0.15) is 16.7 Å². The standard InChI is InChI=1S/C15H16BFIO2/c1-9-7-10(2)15(11(3)8-9)18-13-6-4-5-12(17)14(13)16(19)20/h4-8,19-20H,1-3H3/q+1. The molecule has 104 valence electrons. The lowest BCUT2D eigenvalue weighted by Crippen LogP contribution is -3.62. The molecule has 0 aliphatic rings. The lowest BCUT2D eigenvalue weighted by atomic mass is 9.80. The SMILES string of the molecule is Cc1cc(C)c([I+]c2cccc(F)c2B(O)O)c(C)c1. The van der Waals surface area contributed by atoms with Gasteiger partial charge in [0.1, 0.15) is 5.82 Å². The average Bonchev–Trinajstić information content (AvgIpc) is 2.33. The Morgan fingerprint density at radius 3 is 2.20 bits per heavy atom.